The average Bonchev–Trinajstić information content (AvgIpc) is 3.08. The Morgan fingerprint density at radius 2 is 2.00 bits per heavy atom. The topological polar surface area (TPSA) is 119 Å². The van der Waals surface area contributed by atoms with E-state index >= 15 is 0 Å². The van der Waals surface area contributed by atoms with E-state index in [9.17, 15) is 14.7 Å². The Morgan fingerprint density at radius 3 is 2.56 bits per heavy atom. The Morgan fingerprint density at radius 1 is 1.30 bits per heavy atom. The number of nitrogens with one attached hydrogen (secondary N) is 1. The fourth-order valence-electron chi connectivity index (χ4n) is 3.01. The number of aliphatic hydroxyl groups excluding tert-OH is 1. The number of hydrogen-bond donors (Lipinski definition) is 3. The molecule has 27 heavy (non-hydrogen) atoms. The number of aliphatic carboxylic acids is 1. The van der Waals surface area contributed by atoms with Gasteiger partial charge in [0.25, 0.3) is 0 Å². The van der Waals surface area contributed by atoms with Crippen molar-refractivity contribution in [3.63, 3.8) is 0 Å². The van der Waals surface area contributed by atoms with E-state index in [1.807, 2.05) is 0 Å². The number of rotatable bonds is 6. The van der Waals surface area contributed by atoms with Crippen LogP contribution >= 0.6 is 11.3 Å². The minimum absolute atomic E-state index is 0.0564. The summed E-state index contributed by atoms with van der Waals surface area (Å²) in [7, 11) is 0. The lowest BCUT2D eigenvalue weighted by Gasteiger charge is -2.35. The third-order valence-electron chi connectivity index (χ3n) is 4.58. The van der Waals surface area contributed by atoms with E-state index in [-0.39, 0.29) is 11.9 Å². The molecule has 0 saturated carbocycles. The molecule has 1 aliphatic heterocycles. The number of anilines is 2. The highest BCUT2D eigenvalue weighted by molar-refractivity contribution is 7.18. The van der Waals surface area contributed by atoms with Gasteiger partial charge in [-0.2, -0.15) is 4.98 Å². The molecule has 0 bridgehead atoms. The Hall–Kier alpha value is -2.46. The predicted molar refractivity (Wildman–Crippen MR) is 103 cm³/mol. The average molecular weight is 393 g/mol. The van der Waals surface area contributed by atoms with E-state index in [2.05, 4.69) is 33.2 Å². The summed E-state index contributed by atoms with van der Waals surface area (Å²) in [6, 6.07) is 0.896. The molecular weight excluding hydrogens is 370 g/mol. The van der Waals surface area contributed by atoms with Gasteiger partial charge in [0, 0.05) is 38.0 Å². The lowest BCUT2D eigenvalue weighted by atomic mass is 10.2. The standard InChI is InChI=1S/C17H23N5O4S/c1-3-11-8-12-14(22-6-4-21(5-7-22)10(2)24)19-17(20-15(12)27-11)18-13(9-23)16(25)26/h8,13,23H,3-7,9H2,1-2H3,(H,25,26)(H,18,19,20)/t13-/m1/s1. The van der Waals surface area contributed by atoms with Crippen molar-refractivity contribution < 1.29 is 19.8 Å². The second kappa shape index (κ2) is 8.05. The van der Waals surface area contributed by atoms with Crippen molar-refractivity contribution in [2.24, 2.45) is 0 Å². The van der Waals surface area contributed by atoms with Crippen LogP contribution in [0.15, 0.2) is 6.07 Å². The van der Waals surface area contributed by atoms with Crippen LogP contribution in [0.3, 0.4) is 0 Å². The summed E-state index contributed by atoms with van der Waals surface area (Å²) in [5.41, 5.74) is 0. The number of carbonyl (C=O) groups is 2. The first kappa shape index (κ1) is 19.3. The first-order valence-electron chi connectivity index (χ1n) is 8.84. The van der Waals surface area contributed by atoms with Crippen molar-refractivity contribution in [2.75, 3.05) is 43.0 Å². The Kier molecular flexibility index (Phi) is 5.76. The molecule has 0 aromatic carbocycles. The summed E-state index contributed by atoms with van der Waals surface area (Å²) in [5, 5.41) is 22.1. The monoisotopic (exact) mass is 393 g/mol. The molecule has 0 unspecified atom stereocenters. The minimum Gasteiger partial charge on any atom is -0.480 e. The molecular formula is C17H23N5O4S. The number of amides is 1. The lowest BCUT2D eigenvalue weighted by molar-refractivity contribution is -0.138. The van der Waals surface area contributed by atoms with Crippen LogP contribution in [0.2, 0.25) is 0 Å². The highest BCUT2D eigenvalue weighted by Gasteiger charge is 2.24. The van der Waals surface area contributed by atoms with Gasteiger partial charge in [0.05, 0.1) is 12.0 Å². The van der Waals surface area contributed by atoms with E-state index in [0.717, 1.165) is 27.3 Å². The SMILES string of the molecule is CCc1cc2c(N3CCN(C(C)=O)CC3)nc(N[C@H](CO)C(=O)O)nc2s1. The first-order chi connectivity index (χ1) is 12.9. The number of carboxylic acid groups (broad SMARTS) is 1. The van der Waals surface area contributed by atoms with Crippen molar-refractivity contribution >= 4 is 45.2 Å². The van der Waals surface area contributed by atoms with Gasteiger partial charge in [0.15, 0.2) is 6.04 Å². The number of piperazine rings is 1. The Balaban J connectivity index is 1.95. The zero-order valence-corrected chi connectivity index (χ0v) is 16.1. The summed E-state index contributed by atoms with van der Waals surface area (Å²) < 4.78 is 0. The van der Waals surface area contributed by atoms with E-state index in [4.69, 9.17) is 5.11 Å². The number of aliphatic hydroxyl groups is 1. The number of nitrogens with zero attached hydrogens (tertiary/aromatic N) is 4. The molecule has 146 valence electrons. The number of aryl methyl sites for hydroxylation is 1. The normalized spacial score (nSPS) is 15.8. The maximum atomic E-state index is 11.6. The van der Waals surface area contributed by atoms with Crippen LogP contribution in [0, 0.1) is 0 Å². The summed E-state index contributed by atoms with van der Waals surface area (Å²) in [4.78, 5) is 37.6. The second-order valence-corrected chi connectivity index (χ2v) is 7.48. The summed E-state index contributed by atoms with van der Waals surface area (Å²) in [6.45, 7) is 5.58. The third kappa shape index (κ3) is 4.11. The maximum Gasteiger partial charge on any atom is 0.328 e. The summed E-state index contributed by atoms with van der Waals surface area (Å²) >= 11 is 1.55. The zero-order valence-electron chi connectivity index (χ0n) is 15.3. The van der Waals surface area contributed by atoms with E-state index < -0.39 is 18.6 Å². The number of aromatic nitrogens is 2. The highest BCUT2D eigenvalue weighted by Crippen LogP contribution is 2.33. The fraction of sp³-hybridized carbons (Fsp3) is 0.529. The van der Waals surface area contributed by atoms with Crippen LogP contribution in [0.25, 0.3) is 10.2 Å². The summed E-state index contributed by atoms with van der Waals surface area (Å²) in [5.74, 6) is -0.208. The molecule has 3 rings (SSSR count). The van der Waals surface area contributed by atoms with Crippen LogP contribution in [-0.4, -0.2) is 75.8 Å². The highest BCUT2D eigenvalue weighted by atomic mass is 32.1. The van der Waals surface area contributed by atoms with Crippen molar-refractivity contribution in [3.05, 3.63) is 10.9 Å². The van der Waals surface area contributed by atoms with E-state index in [1.54, 1.807) is 23.2 Å². The molecule has 0 radical (unpaired) electrons. The third-order valence-corrected chi connectivity index (χ3v) is 5.75. The minimum atomic E-state index is -1.17. The van der Waals surface area contributed by atoms with E-state index in [1.165, 1.54) is 0 Å². The lowest BCUT2D eigenvalue weighted by Crippen LogP contribution is -2.48. The second-order valence-electron chi connectivity index (χ2n) is 6.37. The number of fused-ring (bicyclic) bond motifs is 1. The van der Waals surface area contributed by atoms with Gasteiger partial charge in [-0.15, -0.1) is 11.3 Å². The van der Waals surface area contributed by atoms with Crippen molar-refractivity contribution in [2.45, 2.75) is 26.3 Å². The first-order valence-corrected chi connectivity index (χ1v) is 9.65. The van der Waals surface area contributed by atoms with Gasteiger partial charge in [-0.05, 0) is 12.5 Å². The quantitative estimate of drug-likeness (QED) is 0.659. The van der Waals surface area contributed by atoms with Crippen LogP contribution in [0.4, 0.5) is 11.8 Å². The number of hydrogen-bond acceptors (Lipinski definition) is 8. The van der Waals surface area contributed by atoms with Gasteiger partial charge >= 0.3 is 5.97 Å². The number of thiophene rings is 1. The summed E-state index contributed by atoms with van der Waals surface area (Å²) in [6.07, 6.45) is 0.871. The molecule has 1 fully saturated rings. The molecule has 2 aromatic heterocycles. The smallest absolute Gasteiger partial charge is 0.328 e. The molecule has 1 aliphatic rings. The number of carboxylic acids is 1. The van der Waals surface area contributed by atoms with Crippen LogP contribution in [-0.2, 0) is 16.0 Å². The van der Waals surface area contributed by atoms with E-state index in [0.29, 0.717) is 26.2 Å². The molecule has 0 spiro atoms. The molecule has 1 atom stereocenters. The van der Waals surface area contributed by atoms with Gasteiger partial charge in [0.1, 0.15) is 10.6 Å². The fourth-order valence-corrected chi connectivity index (χ4v) is 3.97. The van der Waals surface area contributed by atoms with Crippen molar-refractivity contribution in [1.29, 1.82) is 0 Å². The van der Waals surface area contributed by atoms with Gasteiger partial charge in [-0.3, -0.25) is 4.79 Å². The molecule has 2 aromatic rings. The van der Waals surface area contributed by atoms with Gasteiger partial charge in [0.2, 0.25) is 11.9 Å². The van der Waals surface area contributed by atoms with Gasteiger partial charge in [-0.1, -0.05) is 6.92 Å². The predicted octanol–water partition coefficient (Wildman–Crippen LogP) is 0.780. The van der Waals surface area contributed by atoms with Crippen LogP contribution in [0.5, 0.6) is 0 Å². The van der Waals surface area contributed by atoms with Gasteiger partial charge in [-0.25, -0.2) is 9.78 Å². The molecule has 1 amide bonds. The molecule has 3 N–H and O–H groups in total. The maximum absolute atomic E-state index is 11.6. The molecule has 0 aliphatic carbocycles. The van der Waals surface area contributed by atoms with Crippen LogP contribution in [0.1, 0.15) is 18.7 Å². The molecule has 10 heteroatoms. The molecule has 1 saturated heterocycles. The molecule has 3 heterocycles. The number of carbonyl (C=O) groups excluding carboxylic acids is 1. The van der Waals surface area contributed by atoms with Crippen molar-refractivity contribution in [3.8, 4) is 0 Å². The van der Waals surface area contributed by atoms with Crippen molar-refractivity contribution in [1.82, 2.24) is 14.9 Å². The zero-order chi connectivity index (χ0) is 19.6. The van der Waals surface area contributed by atoms with Crippen LogP contribution < -0.4 is 10.2 Å². The van der Waals surface area contributed by atoms with Gasteiger partial charge < -0.3 is 25.3 Å². The largest absolute Gasteiger partial charge is 0.480 e. The molecule has 9 nitrogen and oxygen atoms in total. The Bertz CT molecular complexity index is 847. The Labute approximate surface area is 160 Å².